The monoisotopic (exact) mass is 238 g/mol. The van der Waals surface area contributed by atoms with Crippen LogP contribution < -0.4 is 5.56 Å². The number of hydrogen-bond acceptors (Lipinski definition) is 3. The van der Waals surface area contributed by atoms with Gasteiger partial charge in [0.2, 0.25) is 5.28 Å². The van der Waals surface area contributed by atoms with E-state index in [0.717, 1.165) is 4.90 Å². The summed E-state index contributed by atoms with van der Waals surface area (Å²) in [5.41, 5.74) is -0.242. The predicted molar refractivity (Wildman–Crippen MR) is 60.4 cm³/mol. The Kier molecular flexibility index (Phi) is 3.08. The van der Waals surface area contributed by atoms with Crippen molar-refractivity contribution in [3.05, 3.63) is 52.0 Å². The van der Waals surface area contributed by atoms with Gasteiger partial charge in [0.05, 0.1) is 0 Å². The van der Waals surface area contributed by atoms with Gasteiger partial charge in [-0.2, -0.15) is 0 Å². The molecule has 0 radical (unpaired) electrons. The lowest BCUT2D eigenvalue weighted by Crippen LogP contribution is -2.05. The lowest BCUT2D eigenvalue weighted by atomic mass is 10.4. The van der Waals surface area contributed by atoms with Gasteiger partial charge in [-0.15, -0.1) is 0 Å². The quantitative estimate of drug-likeness (QED) is 0.646. The van der Waals surface area contributed by atoms with Gasteiger partial charge in [0.25, 0.3) is 5.56 Å². The molecule has 76 valence electrons. The Morgan fingerprint density at radius 1 is 1.27 bits per heavy atom. The molecule has 0 aliphatic carbocycles. The average molecular weight is 239 g/mol. The van der Waals surface area contributed by atoms with Crippen molar-refractivity contribution in [3.8, 4) is 0 Å². The maximum Gasteiger partial charge on any atom is 0.252 e. The fourth-order valence-corrected chi connectivity index (χ4v) is 2.14. The number of benzene rings is 1. The molecule has 15 heavy (non-hydrogen) atoms. The molecule has 0 fully saturated rings. The third-order valence-corrected chi connectivity index (χ3v) is 2.76. The van der Waals surface area contributed by atoms with Crippen molar-refractivity contribution < 1.29 is 0 Å². The summed E-state index contributed by atoms with van der Waals surface area (Å²) in [7, 11) is 0. The number of aromatic nitrogens is 2. The van der Waals surface area contributed by atoms with Gasteiger partial charge in [-0.1, -0.05) is 30.0 Å². The topological polar surface area (TPSA) is 45.8 Å². The Labute approximate surface area is 95.5 Å². The summed E-state index contributed by atoms with van der Waals surface area (Å²) in [6, 6.07) is 11.1. The highest BCUT2D eigenvalue weighted by Gasteiger charge is 2.01. The van der Waals surface area contributed by atoms with Crippen LogP contribution in [0.5, 0.6) is 0 Å². The van der Waals surface area contributed by atoms with E-state index in [-0.39, 0.29) is 10.8 Å². The standard InChI is InChI=1S/C10H7ClN2OS/c11-10-12-8(14)6-9(13-10)15-7-4-2-1-3-5-7/h1-6H,(H,12,13,14). The first-order chi connectivity index (χ1) is 7.24. The Hall–Kier alpha value is -1.26. The minimum Gasteiger partial charge on any atom is -0.297 e. The SMILES string of the molecule is O=c1cc(Sc2ccccc2)nc(Cl)[nH]1. The molecule has 1 heterocycles. The smallest absolute Gasteiger partial charge is 0.252 e. The van der Waals surface area contributed by atoms with E-state index in [9.17, 15) is 4.79 Å². The van der Waals surface area contributed by atoms with Crippen LogP contribution in [0.1, 0.15) is 0 Å². The number of aromatic amines is 1. The molecule has 0 aliphatic heterocycles. The molecule has 0 aliphatic rings. The third-order valence-electron chi connectivity index (χ3n) is 1.65. The van der Waals surface area contributed by atoms with Crippen LogP contribution in [-0.2, 0) is 0 Å². The van der Waals surface area contributed by atoms with Crippen LogP contribution >= 0.6 is 23.4 Å². The number of H-pyrrole nitrogens is 1. The van der Waals surface area contributed by atoms with E-state index >= 15 is 0 Å². The van der Waals surface area contributed by atoms with E-state index in [0.29, 0.717) is 5.03 Å². The summed E-state index contributed by atoms with van der Waals surface area (Å²) in [6.45, 7) is 0. The van der Waals surface area contributed by atoms with Crippen molar-refractivity contribution in [2.24, 2.45) is 0 Å². The lowest BCUT2D eigenvalue weighted by molar-refractivity contribution is 1.01. The first-order valence-electron chi connectivity index (χ1n) is 4.24. The van der Waals surface area contributed by atoms with Gasteiger partial charge in [0.1, 0.15) is 5.03 Å². The van der Waals surface area contributed by atoms with Gasteiger partial charge in [0.15, 0.2) is 0 Å². The molecule has 2 rings (SSSR count). The highest BCUT2D eigenvalue weighted by Crippen LogP contribution is 2.24. The molecule has 1 aromatic carbocycles. The van der Waals surface area contributed by atoms with Gasteiger partial charge in [-0.3, -0.25) is 9.78 Å². The van der Waals surface area contributed by atoms with Crippen LogP contribution in [0.15, 0.2) is 51.1 Å². The van der Waals surface area contributed by atoms with Gasteiger partial charge in [-0.05, 0) is 23.7 Å². The van der Waals surface area contributed by atoms with E-state index in [1.54, 1.807) is 0 Å². The van der Waals surface area contributed by atoms with E-state index < -0.39 is 0 Å². The first-order valence-corrected chi connectivity index (χ1v) is 5.43. The van der Waals surface area contributed by atoms with Gasteiger partial charge in [-0.25, -0.2) is 4.98 Å². The Bertz CT molecular complexity index is 512. The number of hydrogen-bond donors (Lipinski definition) is 1. The van der Waals surface area contributed by atoms with Crippen molar-refractivity contribution in [2.45, 2.75) is 9.92 Å². The largest absolute Gasteiger partial charge is 0.297 e. The normalized spacial score (nSPS) is 10.2. The molecular weight excluding hydrogens is 232 g/mol. The molecule has 5 heteroatoms. The molecule has 3 nitrogen and oxygen atoms in total. The molecule has 0 atom stereocenters. The molecule has 0 amide bonds. The predicted octanol–water partition coefficient (Wildman–Crippen LogP) is 2.57. The summed E-state index contributed by atoms with van der Waals surface area (Å²) in [6.07, 6.45) is 0. The van der Waals surface area contributed by atoms with Crippen molar-refractivity contribution in [1.29, 1.82) is 0 Å². The fraction of sp³-hybridized carbons (Fsp3) is 0. The summed E-state index contributed by atoms with van der Waals surface area (Å²) in [4.78, 5) is 18.5. The molecule has 0 unspecified atom stereocenters. The molecule has 0 bridgehead atoms. The molecule has 1 N–H and O–H groups in total. The second-order valence-electron chi connectivity index (χ2n) is 2.79. The Morgan fingerprint density at radius 3 is 2.67 bits per heavy atom. The summed E-state index contributed by atoms with van der Waals surface area (Å²) >= 11 is 7.04. The maximum absolute atomic E-state index is 11.1. The van der Waals surface area contributed by atoms with Crippen LogP contribution in [0, 0.1) is 0 Å². The van der Waals surface area contributed by atoms with Gasteiger partial charge in [0, 0.05) is 11.0 Å². The first kappa shape index (κ1) is 10.3. The van der Waals surface area contributed by atoms with Gasteiger partial charge < -0.3 is 0 Å². The molecule has 0 saturated carbocycles. The molecular formula is C10H7ClN2OS. The minimum atomic E-state index is -0.242. The fourth-order valence-electron chi connectivity index (χ4n) is 1.07. The summed E-state index contributed by atoms with van der Waals surface area (Å²) in [5, 5.41) is 0.705. The maximum atomic E-state index is 11.1. The third kappa shape index (κ3) is 2.84. The lowest BCUT2D eigenvalue weighted by Gasteiger charge is -1.99. The van der Waals surface area contributed by atoms with Crippen molar-refractivity contribution >= 4 is 23.4 Å². The Morgan fingerprint density at radius 2 is 2.00 bits per heavy atom. The van der Waals surface area contributed by atoms with Gasteiger partial charge >= 0.3 is 0 Å². The number of rotatable bonds is 2. The Balaban J connectivity index is 2.29. The minimum absolute atomic E-state index is 0.112. The van der Waals surface area contributed by atoms with Crippen LogP contribution in [0.4, 0.5) is 0 Å². The zero-order valence-corrected chi connectivity index (χ0v) is 9.18. The van der Waals surface area contributed by atoms with E-state index in [4.69, 9.17) is 11.6 Å². The van der Waals surface area contributed by atoms with E-state index in [1.807, 2.05) is 30.3 Å². The second-order valence-corrected chi connectivity index (χ2v) is 4.24. The van der Waals surface area contributed by atoms with Crippen LogP contribution in [0.25, 0.3) is 0 Å². The summed E-state index contributed by atoms with van der Waals surface area (Å²) < 4.78 is 0. The number of nitrogens with zero attached hydrogens (tertiary/aromatic N) is 1. The van der Waals surface area contributed by atoms with E-state index in [1.165, 1.54) is 17.8 Å². The van der Waals surface area contributed by atoms with Crippen LogP contribution in [-0.4, -0.2) is 9.97 Å². The number of halogens is 1. The molecule has 2 aromatic rings. The molecule has 0 saturated heterocycles. The summed E-state index contributed by atoms with van der Waals surface area (Å²) in [5.74, 6) is 0. The number of nitrogens with one attached hydrogen (secondary N) is 1. The second kappa shape index (κ2) is 4.51. The molecule has 1 aromatic heterocycles. The van der Waals surface area contributed by atoms with Crippen LogP contribution in [0.3, 0.4) is 0 Å². The highest BCUT2D eigenvalue weighted by molar-refractivity contribution is 7.99. The van der Waals surface area contributed by atoms with E-state index in [2.05, 4.69) is 9.97 Å². The zero-order chi connectivity index (χ0) is 10.7. The average Bonchev–Trinajstić information content (AvgIpc) is 2.17. The van der Waals surface area contributed by atoms with Crippen molar-refractivity contribution in [2.75, 3.05) is 0 Å². The van der Waals surface area contributed by atoms with Crippen molar-refractivity contribution in [3.63, 3.8) is 0 Å². The van der Waals surface area contributed by atoms with Crippen molar-refractivity contribution in [1.82, 2.24) is 9.97 Å². The highest BCUT2D eigenvalue weighted by atomic mass is 35.5. The zero-order valence-electron chi connectivity index (χ0n) is 7.61. The van der Waals surface area contributed by atoms with Crippen LogP contribution in [0.2, 0.25) is 5.28 Å². The molecule has 0 spiro atoms.